The molecule has 0 heterocycles. The van der Waals surface area contributed by atoms with Crippen LogP contribution in [0.5, 0.6) is 0 Å². The van der Waals surface area contributed by atoms with Crippen molar-refractivity contribution in [1.82, 2.24) is 15.1 Å². The third-order valence-corrected chi connectivity index (χ3v) is 2.54. The molecule has 0 bridgehead atoms. The van der Waals surface area contributed by atoms with Gasteiger partial charge in [-0.2, -0.15) is 0 Å². The van der Waals surface area contributed by atoms with E-state index in [1.54, 1.807) is 4.90 Å². The van der Waals surface area contributed by atoms with E-state index in [0.29, 0.717) is 6.54 Å². The van der Waals surface area contributed by atoms with Gasteiger partial charge in [-0.25, -0.2) is 0 Å². The summed E-state index contributed by atoms with van der Waals surface area (Å²) in [4.78, 5) is 15.6. The van der Waals surface area contributed by atoms with Gasteiger partial charge in [0.05, 0.1) is 6.54 Å². The van der Waals surface area contributed by atoms with Crippen LogP contribution in [0.4, 0.5) is 0 Å². The molecule has 0 aliphatic carbocycles. The van der Waals surface area contributed by atoms with Crippen LogP contribution in [0.15, 0.2) is 0 Å². The van der Waals surface area contributed by atoms with Gasteiger partial charge in [0, 0.05) is 13.1 Å². The molecule has 0 unspecified atom stereocenters. The summed E-state index contributed by atoms with van der Waals surface area (Å²) in [5.41, 5.74) is 0. The summed E-state index contributed by atoms with van der Waals surface area (Å²) in [6, 6.07) is 0.281. The third-order valence-electron chi connectivity index (χ3n) is 2.54. The number of hydrogen-bond acceptors (Lipinski definition) is 3. The molecule has 0 saturated heterocycles. The van der Waals surface area contributed by atoms with Crippen molar-refractivity contribution in [3.05, 3.63) is 0 Å². The zero-order chi connectivity index (χ0) is 11.8. The molecular weight excluding hydrogens is 190 g/mol. The Labute approximate surface area is 93.6 Å². The van der Waals surface area contributed by atoms with E-state index in [1.807, 2.05) is 35.0 Å². The van der Waals surface area contributed by atoms with E-state index in [0.717, 1.165) is 19.5 Å². The lowest BCUT2D eigenvalue weighted by Gasteiger charge is -2.24. The molecule has 4 nitrogen and oxygen atoms in total. The summed E-state index contributed by atoms with van der Waals surface area (Å²) in [6.45, 7) is 6.52. The number of nitrogens with one attached hydrogen (secondary N) is 1. The molecule has 0 saturated carbocycles. The van der Waals surface area contributed by atoms with Crippen LogP contribution in [0.1, 0.15) is 20.3 Å². The molecule has 0 atom stereocenters. The first-order valence-electron chi connectivity index (χ1n) is 5.57. The minimum atomic E-state index is 0.192. The van der Waals surface area contributed by atoms with E-state index in [9.17, 15) is 4.79 Å². The van der Waals surface area contributed by atoms with Crippen LogP contribution in [-0.4, -0.2) is 62.5 Å². The van der Waals surface area contributed by atoms with Crippen LogP contribution in [0.25, 0.3) is 0 Å². The van der Waals surface area contributed by atoms with Gasteiger partial charge in [-0.1, -0.05) is 0 Å². The summed E-state index contributed by atoms with van der Waals surface area (Å²) in [5.74, 6) is 0.192. The van der Waals surface area contributed by atoms with Gasteiger partial charge in [-0.05, 0) is 47.5 Å². The number of likely N-dealkylation sites (N-methyl/N-ethyl adjacent to an activating group) is 2. The number of hydrogen-bond donors (Lipinski definition) is 1. The van der Waals surface area contributed by atoms with Gasteiger partial charge in [0.1, 0.15) is 0 Å². The molecule has 0 spiro atoms. The molecule has 4 heteroatoms. The zero-order valence-corrected chi connectivity index (χ0v) is 10.7. The fourth-order valence-electron chi connectivity index (χ4n) is 1.24. The van der Waals surface area contributed by atoms with E-state index in [1.165, 1.54) is 0 Å². The molecule has 0 aromatic carbocycles. The highest BCUT2D eigenvalue weighted by Gasteiger charge is 2.13. The van der Waals surface area contributed by atoms with Gasteiger partial charge in [-0.3, -0.25) is 9.69 Å². The van der Waals surface area contributed by atoms with E-state index < -0.39 is 0 Å². The topological polar surface area (TPSA) is 35.6 Å². The zero-order valence-electron chi connectivity index (χ0n) is 10.7. The van der Waals surface area contributed by atoms with E-state index >= 15 is 0 Å². The lowest BCUT2D eigenvalue weighted by atomic mass is 10.3. The second-order valence-electron chi connectivity index (χ2n) is 4.29. The summed E-state index contributed by atoms with van der Waals surface area (Å²) in [6.07, 6.45) is 1.08. The second kappa shape index (κ2) is 7.65. The first-order valence-corrected chi connectivity index (χ1v) is 5.57. The quantitative estimate of drug-likeness (QED) is 0.624. The highest BCUT2D eigenvalue weighted by atomic mass is 16.2. The maximum Gasteiger partial charge on any atom is 0.236 e. The minimum Gasteiger partial charge on any atom is -0.342 e. The molecular formula is C11H25N3O. The van der Waals surface area contributed by atoms with Crippen LogP contribution < -0.4 is 5.32 Å². The maximum atomic E-state index is 11.7. The van der Waals surface area contributed by atoms with Crippen LogP contribution in [0, 0.1) is 0 Å². The first kappa shape index (κ1) is 14.4. The normalized spacial score (nSPS) is 11.1. The average Bonchev–Trinajstić information content (AvgIpc) is 2.16. The molecule has 0 radical (unpaired) electrons. The Balaban J connectivity index is 3.75. The van der Waals surface area contributed by atoms with Crippen molar-refractivity contribution in [3.63, 3.8) is 0 Å². The van der Waals surface area contributed by atoms with Crippen molar-refractivity contribution >= 4 is 5.91 Å². The largest absolute Gasteiger partial charge is 0.342 e. The highest BCUT2D eigenvalue weighted by molar-refractivity contribution is 5.78. The lowest BCUT2D eigenvalue weighted by molar-refractivity contribution is -0.132. The molecule has 15 heavy (non-hydrogen) atoms. The average molecular weight is 215 g/mol. The van der Waals surface area contributed by atoms with Crippen LogP contribution in [0.2, 0.25) is 0 Å². The van der Waals surface area contributed by atoms with Crippen LogP contribution >= 0.6 is 0 Å². The SMILES string of the molecule is CNCCCN(C)CC(=O)N(C)C(C)C. The Morgan fingerprint density at radius 2 is 1.93 bits per heavy atom. The predicted molar refractivity (Wildman–Crippen MR) is 63.9 cm³/mol. The maximum absolute atomic E-state index is 11.7. The fourth-order valence-corrected chi connectivity index (χ4v) is 1.24. The number of rotatable bonds is 7. The van der Waals surface area contributed by atoms with Crippen molar-refractivity contribution in [2.45, 2.75) is 26.3 Å². The standard InChI is InChI=1S/C11H25N3O/c1-10(2)14(5)11(15)9-13(4)8-6-7-12-3/h10,12H,6-9H2,1-5H3. The molecule has 0 aliphatic heterocycles. The number of carbonyl (C=O) groups is 1. The Hall–Kier alpha value is -0.610. The molecule has 0 aromatic heterocycles. The smallest absolute Gasteiger partial charge is 0.236 e. The third kappa shape index (κ3) is 6.47. The summed E-state index contributed by atoms with van der Waals surface area (Å²) in [7, 11) is 5.79. The Morgan fingerprint density at radius 1 is 1.33 bits per heavy atom. The molecule has 1 N–H and O–H groups in total. The van der Waals surface area contributed by atoms with E-state index in [-0.39, 0.29) is 11.9 Å². The van der Waals surface area contributed by atoms with Crippen molar-refractivity contribution in [1.29, 1.82) is 0 Å². The fraction of sp³-hybridized carbons (Fsp3) is 0.909. The number of amides is 1. The number of carbonyl (C=O) groups excluding carboxylic acids is 1. The molecule has 0 fully saturated rings. The monoisotopic (exact) mass is 215 g/mol. The second-order valence-corrected chi connectivity index (χ2v) is 4.29. The van der Waals surface area contributed by atoms with Crippen molar-refractivity contribution < 1.29 is 4.79 Å². The predicted octanol–water partition coefficient (Wildman–Crippen LogP) is 0.395. The van der Waals surface area contributed by atoms with Crippen molar-refractivity contribution in [2.75, 3.05) is 40.8 Å². The molecule has 90 valence electrons. The summed E-state index contributed by atoms with van der Waals surface area (Å²) >= 11 is 0. The van der Waals surface area contributed by atoms with Gasteiger partial charge < -0.3 is 10.2 Å². The highest BCUT2D eigenvalue weighted by Crippen LogP contribution is 1.96. The van der Waals surface area contributed by atoms with Gasteiger partial charge in [0.25, 0.3) is 0 Å². The van der Waals surface area contributed by atoms with Crippen molar-refractivity contribution in [3.8, 4) is 0 Å². The summed E-state index contributed by atoms with van der Waals surface area (Å²) < 4.78 is 0. The van der Waals surface area contributed by atoms with E-state index in [4.69, 9.17) is 0 Å². The molecule has 0 aromatic rings. The van der Waals surface area contributed by atoms with Gasteiger partial charge in [0.2, 0.25) is 5.91 Å². The molecule has 1 amide bonds. The first-order chi connectivity index (χ1) is 6.99. The van der Waals surface area contributed by atoms with Crippen LogP contribution in [0.3, 0.4) is 0 Å². The van der Waals surface area contributed by atoms with Gasteiger partial charge in [-0.15, -0.1) is 0 Å². The lowest BCUT2D eigenvalue weighted by Crippen LogP contribution is -2.40. The van der Waals surface area contributed by atoms with Gasteiger partial charge in [0.15, 0.2) is 0 Å². The minimum absolute atomic E-state index is 0.192. The Bertz CT molecular complexity index is 183. The molecule has 0 aliphatic rings. The van der Waals surface area contributed by atoms with E-state index in [2.05, 4.69) is 10.2 Å². The van der Waals surface area contributed by atoms with Crippen LogP contribution in [-0.2, 0) is 4.79 Å². The Kier molecular flexibility index (Phi) is 7.34. The molecule has 0 rings (SSSR count). The van der Waals surface area contributed by atoms with Gasteiger partial charge >= 0.3 is 0 Å². The summed E-state index contributed by atoms with van der Waals surface area (Å²) in [5, 5.41) is 3.10. The number of nitrogens with zero attached hydrogens (tertiary/aromatic N) is 2. The Morgan fingerprint density at radius 3 is 2.40 bits per heavy atom. The van der Waals surface area contributed by atoms with Crippen molar-refractivity contribution in [2.24, 2.45) is 0 Å².